The zero-order valence-corrected chi connectivity index (χ0v) is 16.1. The van der Waals surface area contributed by atoms with E-state index < -0.39 is 0 Å². The summed E-state index contributed by atoms with van der Waals surface area (Å²) in [6, 6.07) is 28.7. The Balaban J connectivity index is 0.000000156. The van der Waals surface area contributed by atoms with Crippen LogP contribution in [0.3, 0.4) is 0 Å². The summed E-state index contributed by atoms with van der Waals surface area (Å²) in [6.07, 6.45) is 1.84. The summed E-state index contributed by atoms with van der Waals surface area (Å²) in [7, 11) is 0. The average molecular weight is 352 g/mol. The molecule has 2 aromatic carbocycles. The molecule has 0 radical (unpaired) electrons. The van der Waals surface area contributed by atoms with Crippen LogP contribution in [-0.4, -0.2) is 9.97 Å². The molecular weight excluding hydrogens is 328 g/mol. The first-order valence-corrected chi connectivity index (χ1v) is 9.11. The van der Waals surface area contributed by atoms with Crippen molar-refractivity contribution in [1.82, 2.24) is 9.97 Å². The molecule has 4 rings (SSSR count). The van der Waals surface area contributed by atoms with Crippen LogP contribution in [0.2, 0.25) is 0 Å². The number of pyridine rings is 2. The molecule has 0 N–H and O–H groups in total. The smallest absolute Gasteiger partial charge is 0.0705 e. The molecule has 0 unspecified atom stereocenters. The largest absolute Gasteiger partial charge is 0.256 e. The summed E-state index contributed by atoms with van der Waals surface area (Å²) in [5.74, 6) is 0. The lowest BCUT2D eigenvalue weighted by Gasteiger charge is -2.03. The van der Waals surface area contributed by atoms with Crippen LogP contribution in [0.25, 0.3) is 22.5 Å². The molecule has 2 heteroatoms. The van der Waals surface area contributed by atoms with Crippen molar-refractivity contribution in [3.63, 3.8) is 0 Å². The Bertz CT molecular complexity index is 993. The lowest BCUT2D eigenvalue weighted by atomic mass is 10.1. The third-order valence-electron chi connectivity index (χ3n) is 4.40. The van der Waals surface area contributed by atoms with Gasteiger partial charge in [0.1, 0.15) is 0 Å². The third-order valence-corrected chi connectivity index (χ3v) is 4.40. The van der Waals surface area contributed by atoms with Gasteiger partial charge in [-0.3, -0.25) is 9.97 Å². The molecule has 0 aliphatic carbocycles. The van der Waals surface area contributed by atoms with E-state index in [1.807, 2.05) is 55.6 Å². The van der Waals surface area contributed by atoms with Crippen molar-refractivity contribution in [2.75, 3.05) is 0 Å². The lowest BCUT2D eigenvalue weighted by molar-refractivity contribution is 1.15. The van der Waals surface area contributed by atoms with Crippen LogP contribution in [0.15, 0.2) is 91.1 Å². The number of aryl methyl sites for hydroxylation is 3. The number of rotatable bonds is 2. The molecule has 0 saturated heterocycles. The van der Waals surface area contributed by atoms with Gasteiger partial charge in [0.15, 0.2) is 0 Å². The maximum absolute atomic E-state index is 4.54. The number of aromatic nitrogens is 2. The quantitative estimate of drug-likeness (QED) is 0.416. The molecule has 0 aliphatic rings. The van der Waals surface area contributed by atoms with Gasteiger partial charge >= 0.3 is 0 Å². The van der Waals surface area contributed by atoms with E-state index in [1.165, 1.54) is 22.3 Å². The predicted molar refractivity (Wildman–Crippen MR) is 114 cm³/mol. The van der Waals surface area contributed by atoms with Crippen molar-refractivity contribution in [3.8, 4) is 22.5 Å². The first kappa shape index (κ1) is 18.5. The first-order chi connectivity index (χ1) is 13.1. The van der Waals surface area contributed by atoms with Gasteiger partial charge in [0.2, 0.25) is 0 Å². The first-order valence-electron chi connectivity index (χ1n) is 9.11. The van der Waals surface area contributed by atoms with Crippen molar-refractivity contribution >= 4 is 0 Å². The Kier molecular flexibility index (Phi) is 6.11. The van der Waals surface area contributed by atoms with E-state index in [9.17, 15) is 0 Å². The second-order valence-electron chi connectivity index (χ2n) is 6.55. The second kappa shape index (κ2) is 8.91. The Morgan fingerprint density at radius 2 is 1.19 bits per heavy atom. The number of hydrogen-bond acceptors (Lipinski definition) is 2. The van der Waals surface area contributed by atoms with Gasteiger partial charge in [-0.15, -0.1) is 0 Å². The minimum Gasteiger partial charge on any atom is -0.256 e. The fourth-order valence-corrected chi connectivity index (χ4v) is 2.70. The maximum Gasteiger partial charge on any atom is 0.0705 e. The van der Waals surface area contributed by atoms with Crippen LogP contribution in [0.5, 0.6) is 0 Å². The maximum atomic E-state index is 4.54. The van der Waals surface area contributed by atoms with Crippen LogP contribution in [0.4, 0.5) is 0 Å². The summed E-state index contributed by atoms with van der Waals surface area (Å²) in [6.45, 7) is 6.20. The third kappa shape index (κ3) is 5.11. The highest BCUT2D eigenvalue weighted by molar-refractivity contribution is 5.60. The summed E-state index contributed by atoms with van der Waals surface area (Å²) in [4.78, 5) is 8.85. The summed E-state index contributed by atoms with van der Waals surface area (Å²) in [5.41, 5.74) is 8.03. The topological polar surface area (TPSA) is 25.8 Å². The SMILES string of the molecule is Cc1ccc(-c2ccccc2)nc1C.Cc1ccnc(-c2ccccc2)c1. The highest BCUT2D eigenvalue weighted by atomic mass is 14.7. The molecule has 0 bridgehead atoms. The van der Waals surface area contributed by atoms with Crippen molar-refractivity contribution in [2.45, 2.75) is 20.8 Å². The zero-order chi connectivity index (χ0) is 19.1. The van der Waals surface area contributed by atoms with Crippen molar-refractivity contribution < 1.29 is 0 Å². The highest BCUT2D eigenvalue weighted by Gasteiger charge is 1.99. The predicted octanol–water partition coefficient (Wildman–Crippen LogP) is 6.42. The fraction of sp³-hybridized carbons (Fsp3) is 0.120. The zero-order valence-electron chi connectivity index (χ0n) is 16.1. The van der Waals surface area contributed by atoms with Crippen LogP contribution in [0, 0.1) is 20.8 Å². The second-order valence-corrected chi connectivity index (χ2v) is 6.55. The molecule has 0 saturated carbocycles. The Morgan fingerprint density at radius 3 is 1.74 bits per heavy atom. The van der Waals surface area contributed by atoms with E-state index in [4.69, 9.17) is 0 Å². The van der Waals surface area contributed by atoms with Crippen LogP contribution >= 0.6 is 0 Å². The Morgan fingerprint density at radius 1 is 0.593 bits per heavy atom. The summed E-state index contributed by atoms with van der Waals surface area (Å²) < 4.78 is 0. The van der Waals surface area contributed by atoms with E-state index in [1.54, 1.807) is 0 Å². The molecule has 2 nitrogen and oxygen atoms in total. The minimum absolute atomic E-state index is 1.04. The van der Waals surface area contributed by atoms with Gasteiger partial charge in [-0.1, -0.05) is 66.7 Å². The Labute approximate surface area is 161 Å². The molecule has 0 atom stereocenters. The standard InChI is InChI=1S/C13H13N.C12H11N/c1-10-8-9-13(14-11(10)2)12-6-4-3-5-7-12;1-10-7-8-13-12(9-10)11-5-3-2-4-6-11/h3-9H,1-2H3;2-9H,1H3. The van der Waals surface area contributed by atoms with E-state index >= 15 is 0 Å². The monoisotopic (exact) mass is 352 g/mol. The van der Waals surface area contributed by atoms with Crippen LogP contribution < -0.4 is 0 Å². The van der Waals surface area contributed by atoms with Crippen molar-refractivity contribution in [2.24, 2.45) is 0 Å². The summed E-state index contributed by atoms with van der Waals surface area (Å²) in [5, 5.41) is 0. The van der Waals surface area contributed by atoms with Gasteiger partial charge in [-0.2, -0.15) is 0 Å². The lowest BCUT2D eigenvalue weighted by Crippen LogP contribution is -1.89. The van der Waals surface area contributed by atoms with E-state index in [0.717, 1.165) is 17.1 Å². The molecule has 2 heterocycles. The molecule has 0 spiro atoms. The van der Waals surface area contributed by atoms with Gasteiger partial charge in [0, 0.05) is 23.0 Å². The Hall–Kier alpha value is -3.26. The molecular formula is C25H24N2. The van der Waals surface area contributed by atoms with Gasteiger partial charge in [-0.25, -0.2) is 0 Å². The van der Waals surface area contributed by atoms with Crippen molar-refractivity contribution in [3.05, 3.63) is 108 Å². The van der Waals surface area contributed by atoms with E-state index in [2.05, 4.69) is 66.3 Å². The van der Waals surface area contributed by atoms with Crippen molar-refractivity contribution in [1.29, 1.82) is 0 Å². The fourth-order valence-electron chi connectivity index (χ4n) is 2.70. The van der Waals surface area contributed by atoms with Gasteiger partial charge in [0.05, 0.1) is 11.4 Å². The van der Waals surface area contributed by atoms with Gasteiger partial charge in [-0.05, 0) is 50.1 Å². The summed E-state index contributed by atoms with van der Waals surface area (Å²) >= 11 is 0. The molecule has 134 valence electrons. The van der Waals surface area contributed by atoms with Gasteiger partial charge in [0.25, 0.3) is 0 Å². The number of hydrogen-bond donors (Lipinski definition) is 0. The molecule has 0 aliphatic heterocycles. The molecule has 27 heavy (non-hydrogen) atoms. The van der Waals surface area contributed by atoms with E-state index in [0.29, 0.717) is 0 Å². The van der Waals surface area contributed by atoms with E-state index in [-0.39, 0.29) is 0 Å². The number of benzene rings is 2. The van der Waals surface area contributed by atoms with Crippen LogP contribution in [0.1, 0.15) is 16.8 Å². The van der Waals surface area contributed by atoms with Gasteiger partial charge < -0.3 is 0 Å². The molecule has 0 fully saturated rings. The highest BCUT2D eigenvalue weighted by Crippen LogP contribution is 2.18. The number of nitrogens with zero attached hydrogens (tertiary/aromatic N) is 2. The average Bonchev–Trinajstić information content (AvgIpc) is 2.72. The molecule has 4 aromatic rings. The normalized spacial score (nSPS) is 10.0. The minimum atomic E-state index is 1.04. The molecule has 2 aromatic heterocycles. The van der Waals surface area contributed by atoms with Crippen LogP contribution in [-0.2, 0) is 0 Å². The molecule has 0 amide bonds.